The molecule has 0 saturated carbocycles. The van der Waals surface area contributed by atoms with Gasteiger partial charge in [0, 0.05) is 74.5 Å². The highest BCUT2D eigenvalue weighted by Gasteiger charge is 2.80. The number of fused-ring (bicyclic) bond motifs is 2. The van der Waals surface area contributed by atoms with Crippen molar-refractivity contribution in [3.05, 3.63) is 117 Å². The topological polar surface area (TPSA) is 77.8 Å². The third-order valence-electron chi connectivity index (χ3n) is 11.2. The van der Waals surface area contributed by atoms with Gasteiger partial charge in [-0.05, 0) is 84.3 Å². The normalized spacial score (nSPS) is 16.4. The van der Waals surface area contributed by atoms with Crippen LogP contribution >= 0.6 is 22.7 Å². The molecule has 1 aliphatic carbocycles. The van der Waals surface area contributed by atoms with Crippen LogP contribution < -0.4 is 0 Å². The number of nitrogens with zero attached hydrogens (tertiary/aromatic N) is 4. The van der Waals surface area contributed by atoms with Crippen LogP contribution in [0.3, 0.4) is 0 Å². The smallest absolute Gasteiger partial charge is 0.380 e. The Bertz CT molecular complexity index is 2850. The molecule has 1 aliphatic rings. The summed E-state index contributed by atoms with van der Waals surface area (Å²) < 4.78 is 109. The maximum absolute atomic E-state index is 16.3. The fourth-order valence-electron chi connectivity index (χ4n) is 7.85. The Morgan fingerprint density at radius 1 is 0.459 bits per heavy atom. The van der Waals surface area contributed by atoms with E-state index < -0.39 is 28.9 Å². The number of aromatic nitrogens is 4. The standard InChI is InChI=1S/C47H38F6N4O2S2/c1-23-35(31-19-13-27(21-33(31)60-23)41-56-54-39(58-41)25-9-15-29(16-10-25)43(3,4)5)37-38(46(50,51)47(52,53)45(37,48)49)36-24(2)61-34-22-28(14-20-32(34)36)42-57-55-40(59-42)26-11-17-30(18-12-26)44(6,7)8/h9-22H,1-8H3. The van der Waals surface area contributed by atoms with Crippen LogP contribution in [-0.2, 0) is 10.8 Å². The third-order valence-corrected chi connectivity index (χ3v) is 13.4. The monoisotopic (exact) mass is 868 g/mol. The molecular weight excluding hydrogens is 831 g/mol. The van der Waals surface area contributed by atoms with Gasteiger partial charge in [0.1, 0.15) is 0 Å². The molecule has 8 aromatic rings. The SMILES string of the molecule is Cc1sc2cc(-c3nnc(-c4ccc(C(C)(C)C)cc4)o3)ccc2c1C1=C(c2c(C)sc3cc(-c4nnc(-c5ccc(C(C)(C)C)cc5)o4)ccc23)C(F)(F)C(F)(F)C1(F)F. The van der Waals surface area contributed by atoms with Crippen molar-refractivity contribution >= 4 is 54.0 Å². The molecule has 0 atom stereocenters. The summed E-state index contributed by atoms with van der Waals surface area (Å²) in [5.41, 5.74) is 0.878. The van der Waals surface area contributed by atoms with E-state index in [1.165, 1.54) is 38.1 Å². The maximum Gasteiger partial charge on any atom is 0.380 e. The molecule has 61 heavy (non-hydrogen) atoms. The van der Waals surface area contributed by atoms with Crippen LogP contribution in [0.5, 0.6) is 0 Å². The molecule has 6 nitrogen and oxygen atoms in total. The molecule has 0 N–H and O–H groups in total. The molecule has 312 valence electrons. The Labute approximate surface area is 355 Å². The second kappa shape index (κ2) is 13.7. The first-order valence-corrected chi connectivity index (χ1v) is 21.1. The van der Waals surface area contributed by atoms with Crippen molar-refractivity contribution in [3.63, 3.8) is 0 Å². The van der Waals surface area contributed by atoms with E-state index in [4.69, 9.17) is 8.83 Å². The van der Waals surface area contributed by atoms with E-state index in [1.807, 2.05) is 48.5 Å². The lowest BCUT2D eigenvalue weighted by Gasteiger charge is -2.26. The molecular formula is C47H38F6N4O2S2. The number of halogens is 6. The van der Waals surface area contributed by atoms with Gasteiger partial charge in [-0.3, -0.25) is 0 Å². The molecule has 14 heteroatoms. The average Bonchev–Trinajstić information content (AvgIpc) is 4.02. The van der Waals surface area contributed by atoms with Crippen molar-refractivity contribution in [2.45, 2.75) is 84.0 Å². The fourth-order valence-corrected chi connectivity index (χ4v) is 10.1. The minimum atomic E-state index is -5.73. The zero-order valence-electron chi connectivity index (χ0n) is 34.3. The van der Waals surface area contributed by atoms with Gasteiger partial charge < -0.3 is 8.83 Å². The summed E-state index contributed by atoms with van der Waals surface area (Å²) in [6.45, 7) is 15.5. The lowest BCUT2D eigenvalue weighted by Crippen LogP contribution is -2.48. The average molecular weight is 869 g/mol. The Hall–Kier alpha value is -5.60. The summed E-state index contributed by atoms with van der Waals surface area (Å²) in [7, 11) is 0. The summed E-state index contributed by atoms with van der Waals surface area (Å²) in [6.07, 6.45) is 0. The van der Waals surface area contributed by atoms with Gasteiger partial charge in [0.15, 0.2) is 0 Å². The van der Waals surface area contributed by atoms with Crippen molar-refractivity contribution in [1.29, 1.82) is 0 Å². The highest BCUT2D eigenvalue weighted by molar-refractivity contribution is 7.19. The Balaban J connectivity index is 1.12. The number of hydrogen-bond donors (Lipinski definition) is 0. The quantitative estimate of drug-likeness (QED) is 0.155. The number of benzene rings is 4. The van der Waals surface area contributed by atoms with E-state index >= 15 is 26.3 Å². The van der Waals surface area contributed by atoms with Gasteiger partial charge in [-0.1, -0.05) is 77.9 Å². The molecule has 4 aromatic carbocycles. The summed E-state index contributed by atoms with van der Waals surface area (Å²) in [5.74, 6) is -15.4. The molecule has 0 aliphatic heterocycles. The summed E-state index contributed by atoms with van der Waals surface area (Å²) in [5, 5.41) is 17.0. The Kier molecular flexibility index (Phi) is 9.16. The zero-order valence-corrected chi connectivity index (χ0v) is 35.9. The van der Waals surface area contributed by atoms with Crippen LogP contribution in [0.25, 0.3) is 77.1 Å². The van der Waals surface area contributed by atoms with E-state index in [-0.39, 0.29) is 66.0 Å². The van der Waals surface area contributed by atoms with Gasteiger partial charge in [-0.15, -0.1) is 43.1 Å². The third kappa shape index (κ3) is 6.43. The molecule has 0 saturated heterocycles. The predicted molar refractivity (Wildman–Crippen MR) is 230 cm³/mol. The number of aryl methyl sites for hydroxylation is 2. The summed E-state index contributed by atoms with van der Waals surface area (Å²) >= 11 is 2.05. The van der Waals surface area contributed by atoms with Gasteiger partial charge >= 0.3 is 17.8 Å². The van der Waals surface area contributed by atoms with Gasteiger partial charge in [-0.2, -0.15) is 26.3 Å². The molecule has 4 aromatic heterocycles. The molecule has 4 heterocycles. The van der Waals surface area contributed by atoms with Crippen LogP contribution in [-0.4, -0.2) is 38.2 Å². The molecule has 0 spiro atoms. The second-order valence-corrected chi connectivity index (χ2v) is 20.0. The van der Waals surface area contributed by atoms with E-state index in [1.54, 1.807) is 12.1 Å². The van der Waals surface area contributed by atoms with Gasteiger partial charge in [-0.25, -0.2) is 0 Å². The van der Waals surface area contributed by atoms with E-state index in [9.17, 15) is 0 Å². The van der Waals surface area contributed by atoms with Crippen LogP contribution in [0.15, 0.2) is 93.8 Å². The van der Waals surface area contributed by atoms with Crippen molar-refractivity contribution in [1.82, 2.24) is 20.4 Å². The van der Waals surface area contributed by atoms with Gasteiger partial charge in [0.2, 0.25) is 23.6 Å². The lowest BCUT2D eigenvalue weighted by molar-refractivity contribution is -0.254. The largest absolute Gasteiger partial charge is 0.416 e. The highest BCUT2D eigenvalue weighted by atomic mass is 32.1. The minimum Gasteiger partial charge on any atom is -0.416 e. The molecule has 0 bridgehead atoms. The second-order valence-electron chi connectivity index (χ2n) is 17.4. The first kappa shape index (κ1) is 40.8. The minimum absolute atomic E-state index is 0.0558. The number of rotatable bonds is 6. The number of hydrogen-bond acceptors (Lipinski definition) is 8. The van der Waals surface area contributed by atoms with E-state index in [0.29, 0.717) is 31.7 Å². The molecule has 9 rings (SSSR count). The van der Waals surface area contributed by atoms with E-state index in [0.717, 1.165) is 33.8 Å². The molecule has 0 amide bonds. The van der Waals surface area contributed by atoms with Crippen molar-refractivity contribution in [2.24, 2.45) is 0 Å². The number of thiophene rings is 2. The number of alkyl halides is 6. The van der Waals surface area contributed by atoms with Crippen LogP contribution in [0.4, 0.5) is 26.3 Å². The van der Waals surface area contributed by atoms with Crippen LogP contribution in [0.2, 0.25) is 0 Å². The lowest BCUT2D eigenvalue weighted by atomic mass is 9.87. The maximum atomic E-state index is 16.3. The van der Waals surface area contributed by atoms with Crippen LogP contribution in [0, 0.1) is 13.8 Å². The predicted octanol–water partition coefficient (Wildman–Crippen LogP) is 14.6. The molecule has 0 unspecified atom stereocenters. The zero-order chi connectivity index (χ0) is 43.6. The molecule has 0 radical (unpaired) electrons. The van der Waals surface area contributed by atoms with Crippen molar-refractivity contribution in [2.75, 3.05) is 0 Å². The first-order chi connectivity index (χ1) is 28.6. The molecule has 0 fully saturated rings. The van der Waals surface area contributed by atoms with Gasteiger partial charge in [0.25, 0.3) is 0 Å². The first-order valence-electron chi connectivity index (χ1n) is 19.4. The fraction of sp³-hybridized carbons (Fsp3) is 0.277. The van der Waals surface area contributed by atoms with E-state index in [2.05, 4.69) is 61.9 Å². The van der Waals surface area contributed by atoms with Gasteiger partial charge in [0.05, 0.1) is 0 Å². The Morgan fingerprint density at radius 2 is 0.770 bits per heavy atom. The van der Waals surface area contributed by atoms with Crippen LogP contribution in [0.1, 0.15) is 73.6 Å². The van der Waals surface area contributed by atoms with Crippen molar-refractivity contribution in [3.8, 4) is 45.8 Å². The Morgan fingerprint density at radius 3 is 1.10 bits per heavy atom. The summed E-state index contributed by atoms with van der Waals surface area (Å²) in [6, 6.07) is 24.6. The summed E-state index contributed by atoms with van der Waals surface area (Å²) in [4.78, 5) is 0.329. The highest BCUT2D eigenvalue weighted by Crippen LogP contribution is 2.67. The number of allylic oxidation sites excluding steroid dienone is 2. The van der Waals surface area contributed by atoms with Crippen molar-refractivity contribution < 1.29 is 35.2 Å².